The summed E-state index contributed by atoms with van der Waals surface area (Å²) in [4.78, 5) is 57.7. The summed E-state index contributed by atoms with van der Waals surface area (Å²) in [6.45, 7) is 0.391. The molecular formula is C42H42N2O8. The Balaban J connectivity index is 1.08. The molecule has 0 heterocycles. The first kappa shape index (κ1) is 34.8. The molecule has 0 aromatic heterocycles. The number of carbonyl (C=O) groups excluding carboxylic acids is 2. The molecule has 0 spiro atoms. The van der Waals surface area contributed by atoms with Gasteiger partial charge in [0.2, 0.25) is 11.8 Å². The van der Waals surface area contributed by atoms with E-state index in [1.54, 1.807) is 9.80 Å². The van der Waals surface area contributed by atoms with Crippen molar-refractivity contribution in [2.45, 2.75) is 63.7 Å². The van der Waals surface area contributed by atoms with Crippen LogP contribution in [0, 0.1) is 23.7 Å². The van der Waals surface area contributed by atoms with E-state index in [4.69, 9.17) is 9.47 Å². The zero-order valence-corrected chi connectivity index (χ0v) is 28.8. The lowest BCUT2D eigenvalue weighted by molar-refractivity contribution is -0.190. The molecular weight excluding hydrogens is 660 g/mol. The van der Waals surface area contributed by atoms with Crippen molar-refractivity contribution in [3.8, 4) is 23.0 Å². The minimum absolute atomic E-state index is 0.133. The molecule has 0 radical (unpaired) electrons. The van der Waals surface area contributed by atoms with Crippen molar-refractivity contribution < 1.29 is 38.9 Å². The number of hydrogen-bond donors (Lipinski definition) is 2. The summed E-state index contributed by atoms with van der Waals surface area (Å²) in [5, 5.41) is 21.0. The highest BCUT2D eigenvalue weighted by molar-refractivity contribution is 5.99. The molecule has 0 saturated heterocycles. The molecule has 4 aromatic rings. The smallest absolute Gasteiger partial charge is 0.308 e. The summed E-state index contributed by atoms with van der Waals surface area (Å²) in [5.41, 5.74) is 1.62. The van der Waals surface area contributed by atoms with Crippen molar-refractivity contribution in [1.29, 1.82) is 0 Å². The minimum atomic E-state index is -1.45. The molecule has 0 bridgehead atoms. The van der Waals surface area contributed by atoms with Crippen molar-refractivity contribution in [2.75, 3.05) is 0 Å². The predicted octanol–water partition coefficient (Wildman–Crippen LogP) is 7.38. The van der Waals surface area contributed by atoms with Gasteiger partial charge >= 0.3 is 11.9 Å². The van der Waals surface area contributed by atoms with Gasteiger partial charge in [-0.1, -0.05) is 60.7 Å². The highest BCUT2D eigenvalue weighted by Crippen LogP contribution is 2.50. The molecule has 3 fully saturated rings. The van der Waals surface area contributed by atoms with Gasteiger partial charge in [0.1, 0.15) is 23.0 Å². The normalized spacial score (nSPS) is 21.1. The third-order valence-corrected chi connectivity index (χ3v) is 10.8. The Morgan fingerprint density at radius 2 is 0.808 bits per heavy atom. The molecule has 0 atom stereocenters. The molecule has 0 unspecified atom stereocenters. The molecule has 3 aliphatic rings. The topological polar surface area (TPSA) is 134 Å². The van der Waals surface area contributed by atoms with Crippen molar-refractivity contribution >= 4 is 23.8 Å². The molecule has 4 aromatic carbocycles. The van der Waals surface area contributed by atoms with Crippen molar-refractivity contribution in [3.63, 3.8) is 0 Å². The molecule has 268 valence electrons. The second-order valence-corrected chi connectivity index (χ2v) is 14.0. The summed E-state index contributed by atoms with van der Waals surface area (Å²) >= 11 is 0. The van der Waals surface area contributed by atoms with Crippen LogP contribution in [0.4, 0.5) is 0 Å². The van der Waals surface area contributed by atoms with E-state index in [1.807, 2.05) is 109 Å². The lowest BCUT2D eigenvalue weighted by atomic mass is 9.55. The van der Waals surface area contributed by atoms with Crippen LogP contribution in [0.3, 0.4) is 0 Å². The number of amides is 2. The van der Waals surface area contributed by atoms with Gasteiger partial charge in [-0.2, -0.15) is 0 Å². The third kappa shape index (κ3) is 7.37. The number of carboxylic acid groups (broad SMARTS) is 2. The first-order valence-electron chi connectivity index (χ1n) is 18.0. The quantitative estimate of drug-likeness (QED) is 0.139. The monoisotopic (exact) mass is 702 g/mol. The largest absolute Gasteiger partial charge is 0.481 e. The van der Waals surface area contributed by atoms with Gasteiger partial charge in [-0.05, 0) is 98.2 Å². The van der Waals surface area contributed by atoms with Crippen LogP contribution in [0.15, 0.2) is 109 Å². The molecule has 3 aliphatic carbocycles. The third-order valence-electron chi connectivity index (χ3n) is 10.8. The first-order valence-corrected chi connectivity index (χ1v) is 18.0. The molecule has 7 rings (SSSR count). The number of benzene rings is 4. The van der Waals surface area contributed by atoms with E-state index in [-0.39, 0.29) is 25.2 Å². The predicted molar refractivity (Wildman–Crippen MR) is 192 cm³/mol. The van der Waals surface area contributed by atoms with Crippen LogP contribution < -0.4 is 9.47 Å². The molecule has 10 heteroatoms. The zero-order chi connectivity index (χ0) is 36.2. The standard InChI is InChI=1S/C42H42N2O8/c45-39(43(29-9-7-10-29)25-27-17-21-33(22-18-27)51-31-13-3-1-4-14-31)35-37(41(47)48)36(38(35)42(49)50)40(46)44(30-11-8-12-30)26-28-19-23-34(24-20-28)52-32-15-5-2-6-16-32/h1-6,13-24,29-30,35-38H,7-12,25-26H2,(H,47,48)(H,49,50)/t35-,36-,37-,38-. The van der Waals surface area contributed by atoms with Crippen LogP contribution >= 0.6 is 0 Å². The summed E-state index contributed by atoms with van der Waals surface area (Å²) in [6.07, 6.45) is 4.83. The van der Waals surface area contributed by atoms with Gasteiger partial charge < -0.3 is 29.5 Å². The Morgan fingerprint density at radius 3 is 1.10 bits per heavy atom. The zero-order valence-electron chi connectivity index (χ0n) is 28.8. The highest BCUT2D eigenvalue weighted by atomic mass is 16.5. The second-order valence-electron chi connectivity index (χ2n) is 14.0. The Morgan fingerprint density at radius 1 is 0.481 bits per heavy atom. The van der Waals surface area contributed by atoms with Crippen LogP contribution in [0.25, 0.3) is 0 Å². The fourth-order valence-electron chi connectivity index (χ4n) is 7.50. The first-order chi connectivity index (χ1) is 25.3. The van der Waals surface area contributed by atoms with Gasteiger partial charge in [0.15, 0.2) is 0 Å². The Hall–Kier alpha value is -5.64. The maximum Gasteiger partial charge on any atom is 0.308 e. The van der Waals surface area contributed by atoms with Gasteiger partial charge in [0.25, 0.3) is 0 Å². The average molecular weight is 703 g/mol. The van der Waals surface area contributed by atoms with E-state index in [9.17, 15) is 29.4 Å². The molecule has 0 aliphatic heterocycles. The van der Waals surface area contributed by atoms with E-state index in [2.05, 4.69) is 0 Å². The fourth-order valence-corrected chi connectivity index (χ4v) is 7.50. The van der Waals surface area contributed by atoms with Crippen molar-refractivity contribution in [1.82, 2.24) is 9.80 Å². The SMILES string of the molecule is O=C(O)[C@H]1[C@H](C(=O)N(Cc2ccc(Oc3ccccc3)cc2)C2CCC2)[C@H](C(=O)O)[C@H]1C(=O)N(Cc1ccc(Oc2ccccc2)cc1)C1CCC1. The number of aliphatic carboxylic acids is 2. The van der Waals surface area contributed by atoms with Crippen LogP contribution in [0.2, 0.25) is 0 Å². The summed E-state index contributed by atoms with van der Waals surface area (Å²) in [6, 6.07) is 33.1. The van der Waals surface area contributed by atoms with Gasteiger partial charge in [0, 0.05) is 25.2 Å². The molecule has 2 amide bonds. The second kappa shape index (κ2) is 15.3. The molecule has 2 N–H and O–H groups in total. The maximum atomic E-state index is 14.3. The lowest BCUT2D eigenvalue weighted by Gasteiger charge is -2.51. The number of para-hydroxylation sites is 2. The molecule has 3 saturated carbocycles. The Bertz CT molecular complexity index is 1730. The highest BCUT2D eigenvalue weighted by Gasteiger charge is 2.65. The van der Waals surface area contributed by atoms with Gasteiger partial charge in [-0.15, -0.1) is 0 Å². The number of hydrogen-bond acceptors (Lipinski definition) is 6. The minimum Gasteiger partial charge on any atom is -0.481 e. The average Bonchev–Trinajstić information content (AvgIpc) is 3.08. The van der Waals surface area contributed by atoms with E-state index in [0.29, 0.717) is 23.0 Å². The van der Waals surface area contributed by atoms with E-state index in [0.717, 1.165) is 49.7 Å². The maximum absolute atomic E-state index is 14.3. The number of carbonyl (C=O) groups is 4. The van der Waals surface area contributed by atoms with Gasteiger partial charge in [-0.25, -0.2) is 0 Å². The molecule has 10 nitrogen and oxygen atoms in total. The Labute approximate surface area is 302 Å². The van der Waals surface area contributed by atoms with Crippen molar-refractivity contribution in [2.24, 2.45) is 23.7 Å². The van der Waals surface area contributed by atoms with E-state index < -0.39 is 47.4 Å². The van der Waals surface area contributed by atoms with E-state index >= 15 is 0 Å². The van der Waals surface area contributed by atoms with Crippen LogP contribution in [-0.2, 0) is 32.3 Å². The molecule has 52 heavy (non-hydrogen) atoms. The summed E-state index contributed by atoms with van der Waals surface area (Å²) in [7, 11) is 0. The number of rotatable bonds is 14. The van der Waals surface area contributed by atoms with Gasteiger partial charge in [0.05, 0.1) is 23.7 Å². The van der Waals surface area contributed by atoms with Crippen molar-refractivity contribution in [3.05, 3.63) is 120 Å². The number of nitrogens with zero attached hydrogens (tertiary/aromatic N) is 2. The number of ether oxygens (including phenoxy) is 2. The summed E-state index contributed by atoms with van der Waals surface area (Å²) < 4.78 is 11.8. The Kier molecular flexibility index (Phi) is 10.2. The van der Waals surface area contributed by atoms with Gasteiger partial charge in [-0.3, -0.25) is 19.2 Å². The lowest BCUT2D eigenvalue weighted by Crippen LogP contribution is -2.66. The van der Waals surface area contributed by atoms with E-state index in [1.165, 1.54) is 0 Å². The van der Waals surface area contributed by atoms with Crippen LogP contribution in [0.5, 0.6) is 23.0 Å². The van der Waals surface area contributed by atoms with Crippen LogP contribution in [0.1, 0.15) is 49.7 Å². The summed E-state index contributed by atoms with van der Waals surface area (Å²) in [5.74, 6) is -6.70. The fraction of sp³-hybridized carbons (Fsp3) is 0.333. The van der Waals surface area contributed by atoms with Crippen LogP contribution in [-0.4, -0.2) is 55.8 Å². The number of carboxylic acids is 2.